The molecule has 2 rings (SSSR count). The minimum absolute atomic E-state index is 0.211. The number of carboxylic acids is 1. The van der Waals surface area contributed by atoms with Gasteiger partial charge in [-0.1, -0.05) is 23.9 Å². The second-order valence-electron chi connectivity index (χ2n) is 4.28. The maximum absolute atomic E-state index is 11.2. The first-order valence-corrected chi connectivity index (χ1v) is 6.73. The van der Waals surface area contributed by atoms with Gasteiger partial charge in [0.2, 0.25) is 0 Å². The zero-order chi connectivity index (χ0) is 14.7. The van der Waals surface area contributed by atoms with Crippen molar-refractivity contribution in [3.63, 3.8) is 0 Å². The molecule has 5 heteroatoms. The van der Waals surface area contributed by atoms with Crippen LogP contribution in [0.4, 0.5) is 0 Å². The number of benzene rings is 1. The van der Waals surface area contributed by atoms with Crippen molar-refractivity contribution < 1.29 is 9.90 Å². The first kappa shape index (κ1) is 14.1. The molecule has 0 atom stereocenters. The van der Waals surface area contributed by atoms with Crippen molar-refractivity contribution in [3.05, 3.63) is 52.7 Å². The number of pyridine rings is 1. The molecule has 0 radical (unpaired) electrons. The molecule has 1 aromatic heterocycles. The Bertz CT molecular complexity index is 720. The van der Waals surface area contributed by atoms with Crippen LogP contribution in [-0.2, 0) is 0 Å². The van der Waals surface area contributed by atoms with Crippen molar-refractivity contribution in [2.24, 2.45) is 0 Å². The van der Waals surface area contributed by atoms with Crippen molar-refractivity contribution in [1.29, 1.82) is 5.26 Å². The van der Waals surface area contributed by atoms with E-state index in [2.05, 4.69) is 11.1 Å². The molecule has 0 saturated carbocycles. The van der Waals surface area contributed by atoms with Crippen LogP contribution in [0, 0.1) is 25.2 Å². The Labute approximate surface area is 121 Å². The number of aromatic carboxylic acids is 1. The van der Waals surface area contributed by atoms with Gasteiger partial charge < -0.3 is 5.11 Å². The predicted octanol–water partition coefficient (Wildman–Crippen LogP) is 3.42. The Morgan fingerprint density at radius 2 is 2.05 bits per heavy atom. The van der Waals surface area contributed by atoms with E-state index in [4.69, 9.17) is 0 Å². The third kappa shape index (κ3) is 2.81. The van der Waals surface area contributed by atoms with Gasteiger partial charge in [0.05, 0.1) is 11.1 Å². The Kier molecular flexibility index (Phi) is 4.06. The lowest BCUT2D eigenvalue weighted by Crippen LogP contribution is -1.99. The number of nitriles is 1. The van der Waals surface area contributed by atoms with Crippen LogP contribution < -0.4 is 0 Å². The molecule has 1 aromatic carbocycles. The lowest BCUT2D eigenvalue weighted by atomic mass is 10.1. The highest BCUT2D eigenvalue weighted by atomic mass is 32.2. The Morgan fingerprint density at radius 3 is 2.70 bits per heavy atom. The number of hydrogen-bond acceptors (Lipinski definition) is 4. The summed E-state index contributed by atoms with van der Waals surface area (Å²) >= 11 is 1.21. The highest BCUT2D eigenvalue weighted by Crippen LogP contribution is 2.32. The van der Waals surface area contributed by atoms with Crippen molar-refractivity contribution in [2.45, 2.75) is 23.8 Å². The van der Waals surface area contributed by atoms with Crippen LogP contribution in [0.3, 0.4) is 0 Å². The molecule has 4 nitrogen and oxygen atoms in total. The second-order valence-corrected chi connectivity index (χ2v) is 5.31. The van der Waals surface area contributed by atoms with E-state index in [0.717, 1.165) is 11.3 Å². The van der Waals surface area contributed by atoms with Gasteiger partial charge in [0.15, 0.2) is 0 Å². The number of rotatable bonds is 3. The fourth-order valence-corrected chi connectivity index (χ4v) is 2.97. The molecule has 2 aromatic rings. The molecule has 0 saturated heterocycles. The van der Waals surface area contributed by atoms with Crippen molar-refractivity contribution >= 4 is 17.7 Å². The highest BCUT2D eigenvalue weighted by Gasteiger charge is 2.15. The molecule has 1 heterocycles. The van der Waals surface area contributed by atoms with E-state index in [0.29, 0.717) is 15.5 Å². The summed E-state index contributed by atoms with van der Waals surface area (Å²) in [5.74, 6) is -0.990. The standard InChI is InChI=1S/C15H12N2O2S/c1-9-7-10(2)17-14(12(9)8-16)20-13-6-4-3-5-11(13)15(18)19/h3-7H,1-2H3,(H,18,19). The summed E-state index contributed by atoms with van der Waals surface area (Å²) in [5, 5.41) is 18.9. The maximum Gasteiger partial charge on any atom is 0.336 e. The summed E-state index contributed by atoms with van der Waals surface area (Å²) in [4.78, 5) is 16.1. The van der Waals surface area contributed by atoms with Gasteiger partial charge >= 0.3 is 5.97 Å². The molecular weight excluding hydrogens is 272 g/mol. The van der Waals surface area contributed by atoms with Crippen LogP contribution >= 0.6 is 11.8 Å². The third-order valence-corrected chi connectivity index (χ3v) is 3.81. The fourth-order valence-electron chi connectivity index (χ4n) is 1.85. The van der Waals surface area contributed by atoms with Gasteiger partial charge in [0.1, 0.15) is 11.1 Å². The smallest absolute Gasteiger partial charge is 0.336 e. The van der Waals surface area contributed by atoms with Crippen molar-refractivity contribution in [3.8, 4) is 6.07 Å². The van der Waals surface area contributed by atoms with Crippen molar-refractivity contribution in [1.82, 2.24) is 4.98 Å². The fraction of sp³-hybridized carbons (Fsp3) is 0.133. The summed E-state index contributed by atoms with van der Waals surface area (Å²) < 4.78 is 0. The summed E-state index contributed by atoms with van der Waals surface area (Å²) in [6.45, 7) is 3.70. The highest BCUT2D eigenvalue weighted by molar-refractivity contribution is 7.99. The largest absolute Gasteiger partial charge is 0.478 e. The van der Waals surface area contributed by atoms with Gasteiger partial charge in [0, 0.05) is 10.6 Å². The lowest BCUT2D eigenvalue weighted by Gasteiger charge is -2.09. The molecule has 0 aliphatic rings. The van der Waals surface area contributed by atoms with E-state index in [1.54, 1.807) is 24.3 Å². The Hall–Kier alpha value is -2.32. The zero-order valence-corrected chi connectivity index (χ0v) is 11.9. The normalized spacial score (nSPS) is 10.1. The van der Waals surface area contributed by atoms with E-state index in [9.17, 15) is 15.2 Å². The number of aromatic nitrogens is 1. The van der Waals surface area contributed by atoms with Gasteiger partial charge in [0.25, 0.3) is 0 Å². The van der Waals surface area contributed by atoms with Crippen molar-refractivity contribution in [2.75, 3.05) is 0 Å². The van der Waals surface area contributed by atoms with Crippen LogP contribution in [0.15, 0.2) is 40.3 Å². The molecular formula is C15H12N2O2S. The van der Waals surface area contributed by atoms with Gasteiger partial charge in [-0.2, -0.15) is 5.26 Å². The minimum atomic E-state index is -0.990. The summed E-state index contributed by atoms with van der Waals surface area (Å²) in [6.07, 6.45) is 0. The number of hydrogen-bond donors (Lipinski definition) is 1. The van der Waals surface area contributed by atoms with Crippen LogP contribution in [0.1, 0.15) is 27.2 Å². The number of aryl methyl sites for hydroxylation is 2. The first-order valence-electron chi connectivity index (χ1n) is 5.91. The van der Waals surface area contributed by atoms with Crippen LogP contribution in [0.25, 0.3) is 0 Å². The van der Waals surface area contributed by atoms with Crippen LogP contribution in [0.5, 0.6) is 0 Å². The van der Waals surface area contributed by atoms with Gasteiger partial charge in [-0.25, -0.2) is 9.78 Å². The predicted molar refractivity (Wildman–Crippen MR) is 76.0 cm³/mol. The molecule has 0 bridgehead atoms. The number of carboxylic acid groups (broad SMARTS) is 1. The maximum atomic E-state index is 11.2. The lowest BCUT2D eigenvalue weighted by molar-refractivity contribution is 0.0693. The molecule has 20 heavy (non-hydrogen) atoms. The van der Waals surface area contributed by atoms with E-state index in [1.165, 1.54) is 11.8 Å². The Morgan fingerprint density at radius 1 is 1.35 bits per heavy atom. The average Bonchev–Trinajstić information content (AvgIpc) is 2.38. The zero-order valence-electron chi connectivity index (χ0n) is 11.0. The Balaban J connectivity index is 2.51. The number of carbonyl (C=O) groups is 1. The van der Waals surface area contributed by atoms with E-state index in [-0.39, 0.29) is 5.56 Å². The third-order valence-electron chi connectivity index (χ3n) is 2.75. The van der Waals surface area contributed by atoms with Crippen LogP contribution in [0.2, 0.25) is 0 Å². The van der Waals surface area contributed by atoms with E-state index < -0.39 is 5.97 Å². The summed E-state index contributed by atoms with van der Waals surface area (Å²) in [5.41, 5.74) is 2.34. The average molecular weight is 284 g/mol. The van der Waals surface area contributed by atoms with E-state index >= 15 is 0 Å². The summed E-state index contributed by atoms with van der Waals surface area (Å²) in [6, 6.07) is 10.7. The van der Waals surface area contributed by atoms with Gasteiger partial charge in [-0.05, 0) is 37.6 Å². The quantitative estimate of drug-likeness (QED) is 0.934. The van der Waals surface area contributed by atoms with Gasteiger partial charge in [-0.15, -0.1) is 0 Å². The topological polar surface area (TPSA) is 74.0 Å². The minimum Gasteiger partial charge on any atom is -0.478 e. The first-order chi connectivity index (χ1) is 9.52. The van der Waals surface area contributed by atoms with E-state index in [1.807, 2.05) is 19.9 Å². The molecule has 0 aliphatic carbocycles. The molecule has 0 aliphatic heterocycles. The molecule has 100 valence electrons. The molecule has 0 unspecified atom stereocenters. The number of nitrogens with zero attached hydrogens (tertiary/aromatic N) is 2. The summed E-state index contributed by atoms with van der Waals surface area (Å²) in [7, 11) is 0. The van der Waals surface area contributed by atoms with Crippen LogP contribution in [-0.4, -0.2) is 16.1 Å². The SMILES string of the molecule is Cc1cc(C)c(C#N)c(Sc2ccccc2C(=O)O)n1. The molecule has 1 N–H and O–H groups in total. The monoisotopic (exact) mass is 284 g/mol. The molecule has 0 fully saturated rings. The molecule has 0 amide bonds. The second kappa shape index (κ2) is 5.76. The molecule has 0 spiro atoms. The van der Waals surface area contributed by atoms with Gasteiger partial charge in [-0.3, -0.25) is 0 Å².